The lowest BCUT2D eigenvalue weighted by Gasteiger charge is -2.28. The van der Waals surface area contributed by atoms with Crippen LogP contribution in [-0.4, -0.2) is 22.6 Å². The SMILES string of the molecule is O=C(NC1CCCCC1Cl)C1Cc2ccccc2S1. The van der Waals surface area contributed by atoms with Gasteiger partial charge in [0, 0.05) is 10.9 Å². The molecule has 1 heterocycles. The van der Waals surface area contributed by atoms with Crippen molar-refractivity contribution >= 4 is 29.3 Å². The topological polar surface area (TPSA) is 29.1 Å². The first-order chi connectivity index (χ1) is 9.24. The van der Waals surface area contributed by atoms with Crippen LogP contribution in [0, 0.1) is 0 Å². The zero-order chi connectivity index (χ0) is 13.2. The molecular formula is C15H18ClNOS. The quantitative estimate of drug-likeness (QED) is 0.848. The first kappa shape index (κ1) is 13.3. The summed E-state index contributed by atoms with van der Waals surface area (Å²) in [5, 5.41) is 3.27. The molecule has 1 saturated carbocycles. The van der Waals surface area contributed by atoms with Gasteiger partial charge in [-0.25, -0.2) is 0 Å². The predicted octanol–water partition coefficient (Wildman–Crippen LogP) is 3.37. The van der Waals surface area contributed by atoms with Gasteiger partial charge in [-0.2, -0.15) is 0 Å². The molecule has 1 fully saturated rings. The van der Waals surface area contributed by atoms with Crippen molar-refractivity contribution < 1.29 is 4.79 Å². The van der Waals surface area contributed by atoms with Crippen LogP contribution in [0.25, 0.3) is 0 Å². The normalized spacial score (nSPS) is 29.8. The molecule has 4 heteroatoms. The Hall–Kier alpha value is -0.670. The second-order valence-electron chi connectivity index (χ2n) is 5.33. The number of benzene rings is 1. The van der Waals surface area contributed by atoms with Gasteiger partial charge in [-0.15, -0.1) is 23.4 Å². The van der Waals surface area contributed by atoms with Crippen molar-refractivity contribution in [1.82, 2.24) is 5.32 Å². The first-order valence-corrected chi connectivity index (χ1v) is 8.24. The highest BCUT2D eigenvalue weighted by molar-refractivity contribution is 8.01. The van der Waals surface area contributed by atoms with Crippen LogP contribution in [0.1, 0.15) is 31.2 Å². The van der Waals surface area contributed by atoms with Gasteiger partial charge in [0.25, 0.3) is 0 Å². The van der Waals surface area contributed by atoms with E-state index in [0.29, 0.717) is 0 Å². The molecule has 0 spiro atoms. The Morgan fingerprint density at radius 1 is 1.26 bits per heavy atom. The monoisotopic (exact) mass is 295 g/mol. The number of rotatable bonds is 2. The van der Waals surface area contributed by atoms with Crippen LogP contribution in [0.5, 0.6) is 0 Å². The Bertz CT molecular complexity index is 454. The Balaban J connectivity index is 1.60. The molecule has 2 nitrogen and oxygen atoms in total. The number of thioether (sulfide) groups is 1. The van der Waals surface area contributed by atoms with Crippen LogP contribution in [0.3, 0.4) is 0 Å². The maximum absolute atomic E-state index is 12.3. The molecule has 2 aliphatic rings. The van der Waals surface area contributed by atoms with Crippen molar-refractivity contribution in [3.63, 3.8) is 0 Å². The van der Waals surface area contributed by atoms with E-state index in [1.165, 1.54) is 23.3 Å². The van der Waals surface area contributed by atoms with E-state index < -0.39 is 0 Å². The minimum Gasteiger partial charge on any atom is -0.351 e. The van der Waals surface area contributed by atoms with Crippen LogP contribution in [0.15, 0.2) is 29.2 Å². The molecule has 3 unspecified atom stereocenters. The van der Waals surface area contributed by atoms with E-state index in [-0.39, 0.29) is 22.6 Å². The number of alkyl halides is 1. The Labute approximate surface area is 123 Å². The van der Waals surface area contributed by atoms with Crippen LogP contribution in [-0.2, 0) is 11.2 Å². The van der Waals surface area contributed by atoms with Gasteiger partial charge in [-0.3, -0.25) is 4.79 Å². The van der Waals surface area contributed by atoms with Gasteiger partial charge in [-0.05, 0) is 30.9 Å². The largest absolute Gasteiger partial charge is 0.351 e. The smallest absolute Gasteiger partial charge is 0.234 e. The number of nitrogens with one attached hydrogen (secondary N) is 1. The van der Waals surface area contributed by atoms with E-state index in [1.54, 1.807) is 11.8 Å². The van der Waals surface area contributed by atoms with E-state index >= 15 is 0 Å². The lowest BCUT2D eigenvalue weighted by atomic mass is 9.94. The highest BCUT2D eigenvalue weighted by atomic mass is 35.5. The van der Waals surface area contributed by atoms with E-state index in [9.17, 15) is 4.79 Å². The number of amides is 1. The van der Waals surface area contributed by atoms with Gasteiger partial charge >= 0.3 is 0 Å². The van der Waals surface area contributed by atoms with E-state index in [4.69, 9.17) is 11.6 Å². The number of carbonyl (C=O) groups excluding carboxylic acids is 1. The summed E-state index contributed by atoms with van der Waals surface area (Å²) in [5.74, 6) is 0.152. The van der Waals surface area contributed by atoms with Gasteiger partial charge in [0.05, 0.1) is 10.6 Å². The molecule has 1 aliphatic heterocycles. The zero-order valence-electron chi connectivity index (χ0n) is 10.8. The number of fused-ring (bicyclic) bond motifs is 1. The highest BCUT2D eigenvalue weighted by Gasteiger charge is 2.31. The molecule has 102 valence electrons. The third kappa shape index (κ3) is 2.92. The Morgan fingerprint density at radius 3 is 2.84 bits per heavy atom. The van der Waals surface area contributed by atoms with Gasteiger partial charge in [0.2, 0.25) is 5.91 Å². The summed E-state index contributed by atoms with van der Waals surface area (Å²) in [6.45, 7) is 0. The zero-order valence-corrected chi connectivity index (χ0v) is 12.3. The molecular weight excluding hydrogens is 278 g/mol. The summed E-state index contributed by atoms with van der Waals surface area (Å²) < 4.78 is 0. The van der Waals surface area contributed by atoms with Gasteiger partial charge in [0.15, 0.2) is 0 Å². The van der Waals surface area contributed by atoms with Crippen molar-refractivity contribution in [2.24, 2.45) is 0 Å². The van der Waals surface area contributed by atoms with Crippen molar-refractivity contribution in [3.05, 3.63) is 29.8 Å². The second kappa shape index (κ2) is 5.76. The number of hydrogen-bond donors (Lipinski definition) is 1. The maximum atomic E-state index is 12.3. The molecule has 1 aliphatic carbocycles. The minimum absolute atomic E-state index is 0.0168. The summed E-state index contributed by atoms with van der Waals surface area (Å²) in [4.78, 5) is 13.6. The Morgan fingerprint density at radius 2 is 2.05 bits per heavy atom. The van der Waals surface area contributed by atoms with Crippen LogP contribution in [0.4, 0.5) is 0 Å². The lowest BCUT2D eigenvalue weighted by molar-refractivity contribution is -0.121. The standard InChI is InChI=1S/C15H18ClNOS/c16-11-6-2-3-7-12(11)17-15(18)14-9-10-5-1-4-8-13(10)19-14/h1,4-5,8,11-12,14H,2-3,6-7,9H2,(H,17,18). The molecule has 1 aromatic carbocycles. The summed E-state index contributed by atoms with van der Waals surface area (Å²) >= 11 is 7.98. The molecule has 0 bridgehead atoms. The van der Waals surface area contributed by atoms with Crippen LogP contribution >= 0.6 is 23.4 Å². The highest BCUT2D eigenvalue weighted by Crippen LogP contribution is 2.37. The maximum Gasteiger partial charge on any atom is 0.234 e. The predicted molar refractivity (Wildman–Crippen MR) is 79.8 cm³/mol. The molecule has 0 saturated heterocycles. The van der Waals surface area contributed by atoms with Gasteiger partial charge < -0.3 is 5.32 Å². The Kier molecular flexibility index (Phi) is 4.04. The second-order valence-corrected chi connectivity index (χ2v) is 7.14. The number of carbonyl (C=O) groups is 1. The van der Waals surface area contributed by atoms with E-state index in [2.05, 4.69) is 17.4 Å². The van der Waals surface area contributed by atoms with Crippen molar-refractivity contribution in [2.45, 2.75) is 53.7 Å². The fourth-order valence-corrected chi connectivity index (χ4v) is 4.40. The van der Waals surface area contributed by atoms with Gasteiger partial charge in [-0.1, -0.05) is 31.0 Å². The average molecular weight is 296 g/mol. The van der Waals surface area contributed by atoms with Crippen LogP contribution < -0.4 is 5.32 Å². The van der Waals surface area contributed by atoms with Crippen molar-refractivity contribution in [3.8, 4) is 0 Å². The molecule has 3 atom stereocenters. The van der Waals surface area contributed by atoms with E-state index in [1.807, 2.05) is 12.1 Å². The van der Waals surface area contributed by atoms with Gasteiger partial charge in [0.1, 0.15) is 0 Å². The summed E-state index contributed by atoms with van der Waals surface area (Å²) in [5.41, 5.74) is 1.29. The van der Waals surface area contributed by atoms with Crippen LogP contribution in [0.2, 0.25) is 0 Å². The molecule has 3 rings (SSSR count). The molecule has 0 radical (unpaired) electrons. The lowest BCUT2D eigenvalue weighted by Crippen LogP contribution is -2.46. The molecule has 1 aromatic rings. The molecule has 1 amide bonds. The van der Waals surface area contributed by atoms with Crippen molar-refractivity contribution in [2.75, 3.05) is 0 Å². The molecule has 0 aromatic heterocycles. The fraction of sp³-hybridized carbons (Fsp3) is 0.533. The number of halogens is 1. The van der Waals surface area contributed by atoms with E-state index in [0.717, 1.165) is 19.3 Å². The minimum atomic E-state index is 0.0168. The summed E-state index contributed by atoms with van der Waals surface area (Å²) in [6, 6.07) is 8.43. The average Bonchev–Trinajstić information content (AvgIpc) is 2.85. The van der Waals surface area contributed by atoms with Crippen molar-refractivity contribution in [1.29, 1.82) is 0 Å². The fourth-order valence-electron chi connectivity index (χ4n) is 2.85. The first-order valence-electron chi connectivity index (χ1n) is 6.93. The number of hydrogen-bond acceptors (Lipinski definition) is 2. The molecule has 1 N–H and O–H groups in total. The molecule has 19 heavy (non-hydrogen) atoms. The third-order valence-corrected chi connectivity index (χ3v) is 5.79. The summed E-state index contributed by atoms with van der Waals surface area (Å²) in [7, 11) is 0. The summed E-state index contributed by atoms with van der Waals surface area (Å²) in [6.07, 6.45) is 5.23. The third-order valence-electron chi connectivity index (χ3n) is 3.95.